The molecule has 1 aromatic heterocycles. The Morgan fingerprint density at radius 3 is 2.88 bits per heavy atom. The number of nitrogens with one attached hydrogen (secondary N) is 2. The van der Waals surface area contributed by atoms with Crippen LogP contribution in [0.3, 0.4) is 0 Å². The lowest BCUT2D eigenvalue weighted by Crippen LogP contribution is -2.37. The van der Waals surface area contributed by atoms with Crippen LogP contribution in [0.2, 0.25) is 0 Å². The molecule has 0 unspecified atom stereocenters. The summed E-state index contributed by atoms with van der Waals surface area (Å²) in [6.45, 7) is 4.00. The number of rotatable bonds is 4. The average molecular weight is 428 g/mol. The van der Waals surface area contributed by atoms with Crippen LogP contribution in [0.4, 0.5) is 0 Å². The quantitative estimate of drug-likeness (QED) is 0.335. The van der Waals surface area contributed by atoms with Crippen LogP contribution in [0.1, 0.15) is 11.8 Å². The summed E-state index contributed by atoms with van der Waals surface area (Å²) < 4.78 is 1.10. The Bertz CT molecular complexity index is 398. The summed E-state index contributed by atoms with van der Waals surface area (Å²) in [6, 6.07) is 2.07. The van der Waals surface area contributed by atoms with E-state index in [2.05, 4.69) is 43.5 Å². The summed E-state index contributed by atoms with van der Waals surface area (Å²) in [5, 5.41) is 8.22. The molecular formula is C11H15BrIN3S. The van der Waals surface area contributed by atoms with Gasteiger partial charge >= 0.3 is 0 Å². The SMILES string of the molecule is C#CCNC(=NCc1cc(Br)cs1)NCC.I. The third-order valence-electron chi connectivity index (χ3n) is 1.72. The Balaban J connectivity index is 0.00000256. The van der Waals surface area contributed by atoms with E-state index in [1.807, 2.05) is 12.3 Å². The van der Waals surface area contributed by atoms with Crippen molar-refractivity contribution in [3.8, 4) is 12.3 Å². The van der Waals surface area contributed by atoms with Crippen molar-refractivity contribution in [1.29, 1.82) is 0 Å². The molecule has 0 fully saturated rings. The monoisotopic (exact) mass is 427 g/mol. The number of terminal acetylenes is 1. The molecule has 2 N–H and O–H groups in total. The number of hydrogen-bond acceptors (Lipinski definition) is 2. The second-order valence-corrected chi connectivity index (χ2v) is 4.90. The van der Waals surface area contributed by atoms with Crippen LogP contribution in [0.5, 0.6) is 0 Å². The first-order valence-electron chi connectivity index (χ1n) is 4.94. The number of nitrogens with zero attached hydrogens (tertiary/aromatic N) is 1. The van der Waals surface area contributed by atoms with E-state index in [-0.39, 0.29) is 24.0 Å². The minimum atomic E-state index is 0. The molecule has 1 rings (SSSR count). The Morgan fingerprint density at radius 2 is 2.35 bits per heavy atom. The van der Waals surface area contributed by atoms with Crippen molar-refractivity contribution >= 4 is 57.2 Å². The number of thiophene rings is 1. The van der Waals surface area contributed by atoms with E-state index in [0.717, 1.165) is 17.0 Å². The zero-order chi connectivity index (χ0) is 11.8. The standard InChI is InChI=1S/C11H14BrN3S.HI/c1-3-5-14-11(13-4-2)15-7-10-6-9(12)8-16-10;/h1,6,8H,4-5,7H2,2H3,(H2,13,14,15);1H. The van der Waals surface area contributed by atoms with Gasteiger partial charge in [0.2, 0.25) is 0 Å². The summed E-state index contributed by atoms with van der Waals surface area (Å²) in [6.07, 6.45) is 5.18. The van der Waals surface area contributed by atoms with E-state index in [4.69, 9.17) is 6.42 Å². The van der Waals surface area contributed by atoms with Gasteiger partial charge < -0.3 is 10.6 Å². The van der Waals surface area contributed by atoms with E-state index in [9.17, 15) is 0 Å². The average Bonchev–Trinajstić information content (AvgIpc) is 2.68. The molecule has 0 bridgehead atoms. The van der Waals surface area contributed by atoms with Crippen LogP contribution < -0.4 is 10.6 Å². The Kier molecular flexibility index (Phi) is 9.59. The topological polar surface area (TPSA) is 36.4 Å². The van der Waals surface area contributed by atoms with Crippen LogP contribution in [0, 0.1) is 12.3 Å². The van der Waals surface area contributed by atoms with Crippen molar-refractivity contribution in [2.45, 2.75) is 13.5 Å². The summed E-state index contributed by atoms with van der Waals surface area (Å²) in [5.41, 5.74) is 0. The third-order valence-corrected chi connectivity index (χ3v) is 3.40. The van der Waals surface area contributed by atoms with E-state index >= 15 is 0 Å². The number of hydrogen-bond donors (Lipinski definition) is 2. The van der Waals surface area contributed by atoms with Crippen LogP contribution in [0.15, 0.2) is 20.9 Å². The van der Waals surface area contributed by atoms with E-state index in [1.54, 1.807) is 11.3 Å². The predicted octanol–water partition coefficient (Wildman–Crippen LogP) is 2.82. The summed E-state index contributed by atoms with van der Waals surface area (Å²) in [7, 11) is 0. The second-order valence-electron chi connectivity index (χ2n) is 2.98. The molecule has 94 valence electrons. The van der Waals surface area contributed by atoms with Gasteiger partial charge in [-0.3, -0.25) is 0 Å². The van der Waals surface area contributed by atoms with Gasteiger partial charge in [0.05, 0.1) is 13.1 Å². The van der Waals surface area contributed by atoms with Gasteiger partial charge in [-0.15, -0.1) is 41.7 Å². The van der Waals surface area contributed by atoms with Gasteiger partial charge in [-0.2, -0.15) is 0 Å². The second kappa shape index (κ2) is 9.74. The van der Waals surface area contributed by atoms with Crippen molar-refractivity contribution < 1.29 is 0 Å². The summed E-state index contributed by atoms with van der Waals surface area (Å²) in [4.78, 5) is 5.64. The Labute approximate surface area is 132 Å². The molecule has 1 aromatic rings. The first kappa shape index (κ1) is 16.7. The van der Waals surface area contributed by atoms with Crippen molar-refractivity contribution in [3.63, 3.8) is 0 Å². The largest absolute Gasteiger partial charge is 0.357 e. The molecule has 0 saturated carbocycles. The van der Waals surface area contributed by atoms with E-state index in [1.165, 1.54) is 4.88 Å². The van der Waals surface area contributed by atoms with Crippen LogP contribution in [-0.2, 0) is 6.54 Å². The summed E-state index contributed by atoms with van der Waals surface area (Å²) >= 11 is 5.10. The molecule has 0 aromatic carbocycles. The smallest absolute Gasteiger partial charge is 0.192 e. The normalized spacial score (nSPS) is 10.3. The first-order chi connectivity index (χ1) is 7.76. The maximum Gasteiger partial charge on any atom is 0.192 e. The van der Waals surface area contributed by atoms with Crippen LogP contribution >= 0.6 is 51.2 Å². The highest BCUT2D eigenvalue weighted by atomic mass is 127. The maximum atomic E-state index is 5.18. The van der Waals surface area contributed by atoms with E-state index in [0.29, 0.717) is 13.1 Å². The van der Waals surface area contributed by atoms with Gasteiger partial charge in [0, 0.05) is 21.3 Å². The molecule has 17 heavy (non-hydrogen) atoms. The summed E-state index contributed by atoms with van der Waals surface area (Å²) in [5.74, 6) is 3.28. The lowest BCUT2D eigenvalue weighted by Gasteiger charge is -2.07. The fraction of sp³-hybridized carbons (Fsp3) is 0.364. The number of guanidine groups is 1. The molecule has 0 atom stereocenters. The van der Waals surface area contributed by atoms with Crippen LogP contribution in [0.25, 0.3) is 0 Å². The van der Waals surface area contributed by atoms with Gasteiger partial charge in [-0.1, -0.05) is 5.92 Å². The van der Waals surface area contributed by atoms with Crippen molar-refractivity contribution in [2.75, 3.05) is 13.1 Å². The Hall–Kier alpha value is -0.260. The minimum absolute atomic E-state index is 0. The first-order valence-corrected chi connectivity index (χ1v) is 6.62. The lowest BCUT2D eigenvalue weighted by atomic mass is 10.5. The molecule has 0 aliphatic carbocycles. The molecule has 0 spiro atoms. The molecule has 6 heteroatoms. The van der Waals surface area contributed by atoms with Gasteiger partial charge in [-0.25, -0.2) is 4.99 Å². The molecule has 0 aliphatic rings. The van der Waals surface area contributed by atoms with Crippen molar-refractivity contribution in [3.05, 3.63) is 20.8 Å². The molecule has 3 nitrogen and oxygen atoms in total. The number of halogens is 2. The fourth-order valence-corrected chi connectivity index (χ4v) is 2.44. The molecule has 0 radical (unpaired) electrons. The van der Waals surface area contributed by atoms with Gasteiger partial charge in [0.15, 0.2) is 5.96 Å². The lowest BCUT2D eigenvalue weighted by molar-refractivity contribution is 0.868. The molecule has 0 aliphatic heterocycles. The molecule has 0 saturated heterocycles. The predicted molar refractivity (Wildman–Crippen MR) is 89.1 cm³/mol. The highest BCUT2D eigenvalue weighted by Gasteiger charge is 1.98. The molecule has 0 amide bonds. The van der Waals surface area contributed by atoms with Crippen molar-refractivity contribution in [1.82, 2.24) is 10.6 Å². The zero-order valence-corrected chi connectivity index (χ0v) is 14.2. The zero-order valence-electron chi connectivity index (χ0n) is 9.50. The minimum Gasteiger partial charge on any atom is -0.357 e. The highest BCUT2D eigenvalue weighted by Crippen LogP contribution is 2.20. The van der Waals surface area contributed by atoms with Crippen molar-refractivity contribution in [2.24, 2.45) is 4.99 Å². The Morgan fingerprint density at radius 1 is 1.59 bits per heavy atom. The van der Waals surface area contributed by atoms with Gasteiger partial charge in [0.1, 0.15) is 0 Å². The maximum absolute atomic E-state index is 5.18. The third kappa shape index (κ3) is 6.91. The number of aliphatic imine (C=N–C) groups is 1. The van der Waals surface area contributed by atoms with Gasteiger partial charge in [0.25, 0.3) is 0 Å². The highest BCUT2D eigenvalue weighted by molar-refractivity contribution is 14.0. The van der Waals surface area contributed by atoms with Crippen LogP contribution in [-0.4, -0.2) is 19.0 Å². The van der Waals surface area contributed by atoms with E-state index < -0.39 is 0 Å². The fourth-order valence-electron chi connectivity index (χ4n) is 1.07. The van der Waals surface area contributed by atoms with Gasteiger partial charge in [-0.05, 0) is 28.9 Å². The molecular weight excluding hydrogens is 413 g/mol. The molecule has 1 heterocycles.